The van der Waals surface area contributed by atoms with Crippen LogP contribution in [0.1, 0.15) is 0 Å². The van der Waals surface area contributed by atoms with Crippen molar-refractivity contribution in [3.8, 4) is 0 Å². The Morgan fingerprint density at radius 2 is 1.11 bits per heavy atom. The molecule has 0 unspecified atom stereocenters. The van der Waals surface area contributed by atoms with Gasteiger partial charge in [0.1, 0.15) is 42.7 Å². The standard InChI is InChI=1S/C9H18O9/c10-1-3(12)5(14)7(16)9(18)8(17)6(15)4(13)2-11/h1,3-9,11-18H,2H2/t3-,4+,5+,6+,7+,8-,9-/m0/s1. The van der Waals surface area contributed by atoms with Gasteiger partial charge >= 0.3 is 0 Å². The molecule has 0 aliphatic rings. The molecule has 0 aliphatic heterocycles. The van der Waals surface area contributed by atoms with Crippen LogP contribution in [0.5, 0.6) is 0 Å². The van der Waals surface area contributed by atoms with Crippen LogP contribution in [0.25, 0.3) is 0 Å². The number of carbonyl (C=O) groups excluding carboxylic acids is 1. The van der Waals surface area contributed by atoms with Crippen molar-refractivity contribution in [2.45, 2.75) is 42.7 Å². The van der Waals surface area contributed by atoms with E-state index < -0.39 is 49.3 Å². The molecule has 0 saturated carbocycles. The van der Waals surface area contributed by atoms with E-state index >= 15 is 0 Å². The molecule has 0 aromatic heterocycles. The number of hydrogen-bond acceptors (Lipinski definition) is 9. The molecule has 0 fully saturated rings. The SMILES string of the molecule is O=C[C@H](O)[C@@H](O)[C@@H](O)[C@H](O)[C@@H](O)[C@H](O)[C@H](O)CO. The van der Waals surface area contributed by atoms with Gasteiger partial charge in [-0.05, 0) is 0 Å². The fourth-order valence-corrected chi connectivity index (χ4v) is 1.22. The zero-order valence-electron chi connectivity index (χ0n) is 9.31. The highest BCUT2D eigenvalue weighted by Crippen LogP contribution is 2.12. The van der Waals surface area contributed by atoms with Crippen molar-refractivity contribution >= 4 is 6.29 Å². The Labute approximate surface area is 102 Å². The molecule has 0 saturated heterocycles. The van der Waals surface area contributed by atoms with Crippen LogP contribution in [-0.4, -0.2) is 96.5 Å². The van der Waals surface area contributed by atoms with Crippen LogP contribution in [0.2, 0.25) is 0 Å². The highest BCUT2D eigenvalue weighted by molar-refractivity contribution is 5.56. The summed E-state index contributed by atoms with van der Waals surface area (Å²) in [5, 5.41) is 72.9. The quantitative estimate of drug-likeness (QED) is 0.200. The lowest BCUT2D eigenvalue weighted by Crippen LogP contribution is -2.55. The van der Waals surface area contributed by atoms with Gasteiger partial charge in [-0.15, -0.1) is 0 Å². The second-order valence-electron chi connectivity index (χ2n) is 3.83. The maximum Gasteiger partial charge on any atom is 0.151 e. The third kappa shape index (κ3) is 4.23. The minimum Gasteiger partial charge on any atom is -0.394 e. The van der Waals surface area contributed by atoms with E-state index in [1.54, 1.807) is 0 Å². The first kappa shape index (κ1) is 17.4. The van der Waals surface area contributed by atoms with Gasteiger partial charge in [-0.25, -0.2) is 0 Å². The number of carbonyl (C=O) groups is 1. The summed E-state index contributed by atoms with van der Waals surface area (Å²) < 4.78 is 0. The van der Waals surface area contributed by atoms with Crippen LogP contribution in [0.3, 0.4) is 0 Å². The smallest absolute Gasteiger partial charge is 0.151 e. The maximum absolute atomic E-state index is 10.1. The summed E-state index contributed by atoms with van der Waals surface area (Å²) in [5.41, 5.74) is 0. The predicted octanol–water partition coefficient (Wildman–Crippen LogP) is -5.30. The van der Waals surface area contributed by atoms with E-state index in [-0.39, 0.29) is 6.29 Å². The molecule has 0 aliphatic carbocycles. The normalized spacial score (nSPS) is 23.6. The largest absolute Gasteiger partial charge is 0.394 e. The van der Waals surface area contributed by atoms with Crippen molar-refractivity contribution in [1.82, 2.24) is 0 Å². The van der Waals surface area contributed by atoms with Gasteiger partial charge in [-0.1, -0.05) is 0 Å². The Bertz CT molecular complexity index is 248. The van der Waals surface area contributed by atoms with E-state index in [1.165, 1.54) is 0 Å². The number of rotatable bonds is 8. The molecule has 0 radical (unpaired) electrons. The molecule has 9 heteroatoms. The van der Waals surface area contributed by atoms with Gasteiger partial charge in [0.05, 0.1) is 6.61 Å². The molecule has 0 rings (SSSR count). The van der Waals surface area contributed by atoms with Crippen molar-refractivity contribution in [2.75, 3.05) is 6.61 Å². The van der Waals surface area contributed by atoms with Crippen molar-refractivity contribution in [1.29, 1.82) is 0 Å². The summed E-state index contributed by atoms with van der Waals surface area (Å²) in [6.45, 7) is -0.902. The first-order valence-electron chi connectivity index (χ1n) is 5.10. The topological polar surface area (TPSA) is 179 Å². The molecule has 0 aromatic rings. The van der Waals surface area contributed by atoms with Crippen LogP contribution in [0.15, 0.2) is 0 Å². The first-order valence-corrected chi connectivity index (χ1v) is 5.10. The van der Waals surface area contributed by atoms with E-state index in [0.717, 1.165) is 0 Å². The Hall–Kier alpha value is -0.650. The van der Waals surface area contributed by atoms with Crippen molar-refractivity contribution in [3.05, 3.63) is 0 Å². The highest BCUT2D eigenvalue weighted by atomic mass is 16.4. The van der Waals surface area contributed by atoms with E-state index in [9.17, 15) is 30.3 Å². The third-order valence-electron chi connectivity index (χ3n) is 2.47. The molecule has 9 nitrogen and oxygen atoms in total. The fourth-order valence-electron chi connectivity index (χ4n) is 1.22. The third-order valence-corrected chi connectivity index (χ3v) is 2.47. The summed E-state index contributed by atoms with van der Waals surface area (Å²) in [6, 6.07) is 0. The van der Waals surface area contributed by atoms with E-state index in [1.807, 2.05) is 0 Å². The molecule has 8 N–H and O–H groups in total. The molecule has 108 valence electrons. The monoisotopic (exact) mass is 270 g/mol. The lowest BCUT2D eigenvalue weighted by Gasteiger charge is -2.31. The maximum atomic E-state index is 10.1. The molecule has 7 atom stereocenters. The van der Waals surface area contributed by atoms with Gasteiger partial charge in [0.15, 0.2) is 6.29 Å². The first-order chi connectivity index (χ1) is 8.27. The van der Waals surface area contributed by atoms with Crippen LogP contribution in [0, 0.1) is 0 Å². The van der Waals surface area contributed by atoms with Gasteiger partial charge in [-0.2, -0.15) is 0 Å². The van der Waals surface area contributed by atoms with Gasteiger partial charge in [-0.3, -0.25) is 0 Å². The summed E-state index contributed by atoms with van der Waals surface area (Å²) in [4.78, 5) is 10.1. The van der Waals surface area contributed by atoms with E-state index in [2.05, 4.69) is 0 Å². The molecule has 18 heavy (non-hydrogen) atoms. The average molecular weight is 270 g/mol. The highest BCUT2D eigenvalue weighted by Gasteiger charge is 2.38. The molecule has 0 bridgehead atoms. The zero-order chi connectivity index (χ0) is 14.5. The van der Waals surface area contributed by atoms with Gasteiger partial charge < -0.3 is 45.6 Å². The minimum atomic E-state index is -2.15. The van der Waals surface area contributed by atoms with Gasteiger partial charge in [0.25, 0.3) is 0 Å². The number of aldehydes is 1. The number of aliphatic hydroxyl groups excluding tert-OH is 8. The van der Waals surface area contributed by atoms with E-state index in [4.69, 9.17) is 15.3 Å². The van der Waals surface area contributed by atoms with Crippen molar-refractivity contribution < 1.29 is 45.6 Å². The summed E-state index contributed by atoms with van der Waals surface area (Å²) in [5.74, 6) is 0. The minimum absolute atomic E-state index is 0.0913. The van der Waals surface area contributed by atoms with Crippen molar-refractivity contribution in [2.24, 2.45) is 0 Å². The Balaban J connectivity index is 4.62. The van der Waals surface area contributed by atoms with Crippen LogP contribution in [0.4, 0.5) is 0 Å². The second-order valence-corrected chi connectivity index (χ2v) is 3.83. The fraction of sp³-hybridized carbons (Fsp3) is 0.889. The Morgan fingerprint density at radius 3 is 1.50 bits per heavy atom. The van der Waals surface area contributed by atoms with Crippen LogP contribution < -0.4 is 0 Å². The van der Waals surface area contributed by atoms with Crippen LogP contribution >= 0.6 is 0 Å². The average Bonchev–Trinajstić information content (AvgIpc) is 2.40. The van der Waals surface area contributed by atoms with Crippen LogP contribution in [-0.2, 0) is 4.79 Å². The van der Waals surface area contributed by atoms with E-state index in [0.29, 0.717) is 0 Å². The number of aliphatic hydroxyl groups is 8. The molecule has 0 heterocycles. The predicted molar refractivity (Wildman–Crippen MR) is 55.2 cm³/mol. The summed E-state index contributed by atoms with van der Waals surface area (Å²) in [7, 11) is 0. The van der Waals surface area contributed by atoms with Crippen molar-refractivity contribution in [3.63, 3.8) is 0 Å². The summed E-state index contributed by atoms with van der Waals surface area (Å²) in [6.07, 6.45) is -14.3. The summed E-state index contributed by atoms with van der Waals surface area (Å²) >= 11 is 0. The van der Waals surface area contributed by atoms with Gasteiger partial charge in [0.2, 0.25) is 0 Å². The second kappa shape index (κ2) is 7.71. The van der Waals surface area contributed by atoms with Gasteiger partial charge in [0, 0.05) is 0 Å². The Kier molecular flexibility index (Phi) is 7.43. The lowest BCUT2D eigenvalue weighted by atomic mass is 9.95. The molecular weight excluding hydrogens is 252 g/mol. The zero-order valence-corrected chi connectivity index (χ0v) is 9.31. The molecular formula is C9H18O9. The molecule has 0 spiro atoms. The molecule has 0 aromatic carbocycles. The number of hydrogen-bond donors (Lipinski definition) is 8. The molecule has 0 amide bonds. The lowest BCUT2D eigenvalue weighted by molar-refractivity contribution is -0.170. The Morgan fingerprint density at radius 1 is 0.722 bits per heavy atom.